The van der Waals surface area contributed by atoms with Crippen molar-refractivity contribution < 1.29 is 0 Å². The molecule has 0 aromatic heterocycles. The Bertz CT molecular complexity index is 1110. The minimum absolute atomic E-state index is 0.630. The Morgan fingerprint density at radius 3 is 2.30 bits per heavy atom. The van der Waals surface area contributed by atoms with Crippen molar-refractivity contribution >= 4 is 33.8 Å². The van der Waals surface area contributed by atoms with Gasteiger partial charge in [-0.05, 0) is 71.1 Å². The third-order valence-corrected chi connectivity index (χ3v) is 7.72. The van der Waals surface area contributed by atoms with Gasteiger partial charge >= 0.3 is 0 Å². The molecule has 30 heavy (non-hydrogen) atoms. The monoisotopic (exact) mass is 428 g/mol. The Hall–Kier alpha value is -2.22. The highest BCUT2D eigenvalue weighted by Crippen LogP contribution is 2.52. The molecule has 2 aromatic rings. The van der Waals surface area contributed by atoms with Crippen LogP contribution in [-0.2, 0) is 0 Å². The van der Waals surface area contributed by atoms with E-state index in [1.54, 1.807) is 0 Å². The summed E-state index contributed by atoms with van der Waals surface area (Å²) in [7, 11) is 0. The third-order valence-electron chi connectivity index (χ3n) is 6.03. The van der Waals surface area contributed by atoms with Gasteiger partial charge in [-0.25, -0.2) is 0 Å². The molecular formula is C28H25ClS. The Balaban J connectivity index is 1.71. The molecule has 0 fully saturated rings. The summed E-state index contributed by atoms with van der Waals surface area (Å²) in [6.07, 6.45) is 11.3. The van der Waals surface area contributed by atoms with Gasteiger partial charge in [0, 0.05) is 14.8 Å². The number of hydrogen-bond donors (Lipinski definition) is 0. The van der Waals surface area contributed by atoms with Gasteiger partial charge in [-0.1, -0.05) is 103 Å². The van der Waals surface area contributed by atoms with Crippen LogP contribution < -0.4 is 0 Å². The molecule has 0 saturated carbocycles. The second-order valence-electron chi connectivity index (χ2n) is 8.36. The highest BCUT2D eigenvalue weighted by molar-refractivity contribution is 8.12. The summed E-state index contributed by atoms with van der Waals surface area (Å²) in [5, 5.41) is 0.940. The van der Waals surface area contributed by atoms with Crippen molar-refractivity contribution in [2.45, 2.75) is 32.6 Å². The Kier molecular flexibility index (Phi) is 5.58. The van der Waals surface area contributed by atoms with E-state index in [0.717, 1.165) is 30.7 Å². The summed E-state index contributed by atoms with van der Waals surface area (Å²) in [6.45, 7) is 2.37. The molecule has 0 radical (unpaired) electrons. The maximum Gasteiger partial charge on any atom is 0.0398 e. The van der Waals surface area contributed by atoms with Gasteiger partial charge in [0.1, 0.15) is 0 Å². The Morgan fingerprint density at radius 2 is 1.63 bits per heavy atom. The van der Waals surface area contributed by atoms with E-state index in [0.29, 0.717) is 5.92 Å². The molecule has 5 rings (SSSR count). The van der Waals surface area contributed by atoms with E-state index in [4.69, 9.17) is 11.6 Å². The van der Waals surface area contributed by atoms with E-state index >= 15 is 0 Å². The number of hydrogen-bond acceptors (Lipinski definition) is 1. The van der Waals surface area contributed by atoms with Crippen LogP contribution in [0.5, 0.6) is 0 Å². The lowest BCUT2D eigenvalue weighted by Gasteiger charge is -2.32. The normalized spacial score (nSPS) is 22.9. The van der Waals surface area contributed by atoms with Crippen LogP contribution in [0.4, 0.5) is 0 Å². The zero-order valence-corrected chi connectivity index (χ0v) is 18.8. The lowest BCUT2D eigenvalue weighted by atomic mass is 9.82. The van der Waals surface area contributed by atoms with Gasteiger partial charge < -0.3 is 0 Å². The smallest absolute Gasteiger partial charge is 0.0398 e. The molecular weight excluding hydrogens is 404 g/mol. The van der Waals surface area contributed by atoms with Crippen LogP contribution in [0.25, 0.3) is 10.5 Å². The highest BCUT2D eigenvalue weighted by Gasteiger charge is 2.29. The van der Waals surface area contributed by atoms with Crippen LogP contribution in [0.3, 0.4) is 0 Å². The fraction of sp³-hybridized carbons (Fsp3) is 0.214. The predicted octanol–water partition coefficient (Wildman–Crippen LogP) is 8.76. The van der Waals surface area contributed by atoms with Gasteiger partial charge in [-0.15, -0.1) is 0 Å². The van der Waals surface area contributed by atoms with Crippen molar-refractivity contribution in [1.82, 2.24) is 0 Å². The molecule has 150 valence electrons. The molecule has 0 N–H and O–H groups in total. The molecule has 2 aromatic carbocycles. The molecule has 3 aliphatic rings. The van der Waals surface area contributed by atoms with Crippen LogP contribution >= 0.6 is 23.4 Å². The molecule has 1 atom stereocenters. The molecule has 0 spiro atoms. The quantitative estimate of drug-likeness (QED) is 0.470. The molecule has 2 heteroatoms. The fourth-order valence-electron chi connectivity index (χ4n) is 4.59. The second kappa shape index (κ2) is 8.49. The maximum atomic E-state index is 6.50. The topological polar surface area (TPSA) is 0 Å². The van der Waals surface area contributed by atoms with Crippen molar-refractivity contribution in [3.8, 4) is 0 Å². The molecule has 0 saturated heterocycles. The predicted molar refractivity (Wildman–Crippen MR) is 132 cm³/mol. The Labute approximate surface area is 188 Å². The van der Waals surface area contributed by atoms with Gasteiger partial charge in [0.2, 0.25) is 0 Å². The van der Waals surface area contributed by atoms with Crippen LogP contribution in [-0.4, -0.2) is 0 Å². The summed E-state index contributed by atoms with van der Waals surface area (Å²) in [5.74, 6) is 0.630. The van der Waals surface area contributed by atoms with E-state index in [9.17, 15) is 0 Å². The van der Waals surface area contributed by atoms with Gasteiger partial charge in [0.25, 0.3) is 0 Å². The van der Waals surface area contributed by atoms with Gasteiger partial charge in [0.05, 0.1) is 0 Å². The summed E-state index contributed by atoms with van der Waals surface area (Å²) < 4.78 is 0. The number of rotatable bonds is 3. The lowest BCUT2D eigenvalue weighted by Crippen LogP contribution is -2.12. The van der Waals surface area contributed by atoms with Gasteiger partial charge in [-0.3, -0.25) is 0 Å². The van der Waals surface area contributed by atoms with Crippen molar-refractivity contribution in [2.75, 3.05) is 0 Å². The maximum absolute atomic E-state index is 6.50. The van der Waals surface area contributed by atoms with Gasteiger partial charge in [0.15, 0.2) is 0 Å². The van der Waals surface area contributed by atoms with Gasteiger partial charge in [-0.2, -0.15) is 0 Å². The van der Waals surface area contributed by atoms with E-state index in [1.165, 1.54) is 43.2 Å². The lowest BCUT2D eigenvalue weighted by molar-refractivity contribution is 0.564. The van der Waals surface area contributed by atoms with E-state index in [1.807, 2.05) is 11.8 Å². The number of benzene rings is 2. The number of halogens is 1. The first-order chi connectivity index (χ1) is 14.7. The van der Waals surface area contributed by atoms with Crippen molar-refractivity contribution in [2.24, 2.45) is 5.92 Å². The molecule has 0 bridgehead atoms. The first kappa shape index (κ1) is 19.7. The Morgan fingerprint density at radius 1 is 0.933 bits per heavy atom. The molecule has 0 nitrogen and oxygen atoms in total. The highest BCUT2D eigenvalue weighted by atomic mass is 35.5. The van der Waals surface area contributed by atoms with Crippen LogP contribution in [0.2, 0.25) is 0 Å². The summed E-state index contributed by atoms with van der Waals surface area (Å²) in [5.41, 5.74) is 8.20. The SMILES string of the molecule is CC1CC(/C=C2\CCC=C2Cl)=C2SC(c3ccccc3)=CC(c3ccccc3)=C2C1. The first-order valence-electron chi connectivity index (χ1n) is 10.7. The molecule has 1 unspecified atom stereocenters. The molecule has 0 amide bonds. The zero-order valence-electron chi connectivity index (χ0n) is 17.2. The number of thioether (sulfide) groups is 1. The van der Waals surface area contributed by atoms with Crippen LogP contribution in [0, 0.1) is 5.92 Å². The zero-order chi connectivity index (χ0) is 20.5. The minimum atomic E-state index is 0.630. The summed E-state index contributed by atoms with van der Waals surface area (Å²) in [6, 6.07) is 21.6. The van der Waals surface area contributed by atoms with Crippen LogP contribution in [0.15, 0.2) is 106 Å². The fourth-order valence-corrected chi connectivity index (χ4v) is 6.09. The van der Waals surface area contributed by atoms with E-state index in [-0.39, 0.29) is 0 Å². The number of fused-ring (bicyclic) bond motifs is 1. The first-order valence-corrected chi connectivity index (χ1v) is 11.9. The second-order valence-corrected chi connectivity index (χ2v) is 9.82. The van der Waals surface area contributed by atoms with E-state index < -0.39 is 0 Å². The van der Waals surface area contributed by atoms with E-state index in [2.05, 4.69) is 85.8 Å². The summed E-state index contributed by atoms with van der Waals surface area (Å²) >= 11 is 8.44. The standard InChI is InChI=1S/C28H25ClS/c1-19-15-23(17-22-13-8-14-26(22)29)28-25(16-19)24(20-9-4-2-5-10-20)18-27(30-28)21-11-6-3-7-12-21/h2-7,9-12,14,17-19H,8,13,15-16H2,1H3/b22-17+. The molecule has 1 aliphatic heterocycles. The third kappa shape index (κ3) is 3.89. The van der Waals surface area contributed by atoms with Crippen molar-refractivity contribution in [3.05, 3.63) is 117 Å². The summed E-state index contributed by atoms with van der Waals surface area (Å²) in [4.78, 5) is 2.77. The average molecular weight is 429 g/mol. The average Bonchev–Trinajstić information content (AvgIpc) is 3.18. The van der Waals surface area contributed by atoms with Crippen LogP contribution in [0.1, 0.15) is 43.7 Å². The van der Waals surface area contributed by atoms with Crippen molar-refractivity contribution in [1.29, 1.82) is 0 Å². The largest absolute Gasteiger partial charge is 0.0888 e. The minimum Gasteiger partial charge on any atom is -0.0888 e. The number of allylic oxidation sites excluding steroid dienone is 8. The molecule has 1 heterocycles. The van der Waals surface area contributed by atoms with Crippen molar-refractivity contribution in [3.63, 3.8) is 0 Å². The molecule has 2 aliphatic carbocycles.